The van der Waals surface area contributed by atoms with E-state index in [4.69, 9.17) is 4.42 Å². The van der Waals surface area contributed by atoms with Crippen molar-refractivity contribution in [2.75, 3.05) is 19.6 Å². The van der Waals surface area contributed by atoms with Gasteiger partial charge in [0.15, 0.2) is 5.76 Å². The second-order valence-corrected chi connectivity index (χ2v) is 6.40. The Hall–Kier alpha value is -2.70. The normalized spacial score (nSPS) is 18.2. The molecule has 0 atom stereocenters. The van der Waals surface area contributed by atoms with E-state index in [9.17, 15) is 9.59 Å². The molecule has 0 unspecified atom stereocenters. The lowest BCUT2D eigenvalue weighted by molar-refractivity contribution is -0.154. The van der Waals surface area contributed by atoms with E-state index in [0.29, 0.717) is 31.7 Å². The molecule has 7 nitrogen and oxygen atoms in total. The summed E-state index contributed by atoms with van der Waals surface area (Å²) in [6, 6.07) is 3.39. The molecule has 24 heavy (non-hydrogen) atoms. The predicted molar refractivity (Wildman–Crippen MR) is 84.0 cm³/mol. The minimum Gasteiger partial charge on any atom is -0.459 e. The molecule has 4 rings (SSSR count). The first-order valence-electron chi connectivity index (χ1n) is 8.05. The van der Waals surface area contributed by atoms with Crippen molar-refractivity contribution in [1.29, 1.82) is 0 Å². The molecule has 2 amide bonds. The van der Waals surface area contributed by atoms with Gasteiger partial charge in [-0.2, -0.15) is 0 Å². The highest BCUT2D eigenvalue weighted by molar-refractivity contribution is 5.93. The Kier molecular flexibility index (Phi) is 3.55. The van der Waals surface area contributed by atoms with Crippen LogP contribution >= 0.6 is 0 Å². The molecule has 7 heteroatoms. The maximum Gasteiger partial charge on any atom is 0.290 e. The van der Waals surface area contributed by atoms with Gasteiger partial charge in [-0.1, -0.05) is 0 Å². The molecule has 0 saturated carbocycles. The third-order valence-electron chi connectivity index (χ3n) is 4.92. The maximum absolute atomic E-state index is 12.4. The minimum absolute atomic E-state index is 0.0835. The summed E-state index contributed by atoms with van der Waals surface area (Å²) in [5.41, 5.74) is 0.773. The maximum atomic E-state index is 12.4. The fourth-order valence-corrected chi connectivity index (χ4v) is 3.43. The molecular weight excluding hydrogens is 308 g/mol. The number of nitrogens with zero attached hydrogens (tertiary/aromatic N) is 4. The molecular formula is C17H18N4O3. The summed E-state index contributed by atoms with van der Waals surface area (Å²) in [6.45, 7) is 1.95. The topological polar surface area (TPSA) is 79.5 Å². The van der Waals surface area contributed by atoms with Gasteiger partial charge in [0.1, 0.15) is 6.33 Å². The van der Waals surface area contributed by atoms with Gasteiger partial charge < -0.3 is 14.2 Å². The van der Waals surface area contributed by atoms with E-state index in [0.717, 1.165) is 18.5 Å². The highest BCUT2D eigenvalue weighted by Crippen LogP contribution is 2.40. The average Bonchev–Trinajstić information content (AvgIpc) is 3.06. The van der Waals surface area contributed by atoms with Gasteiger partial charge in [-0.25, -0.2) is 9.97 Å². The van der Waals surface area contributed by atoms with Crippen molar-refractivity contribution >= 4 is 11.8 Å². The van der Waals surface area contributed by atoms with Crippen LogP contribution in [0.4, 0.5) is 0 Å². The van der Waals surface area contributed by atoms with Crippen LogP contribution in [0, 0.1) is 0 Å². The van der Waals surface area contributed by atoms with Crippen molar-refractivity contribution in [3.8, 4) is 0 Å². The van der Waals surface area contributed by atoms with Crippen LogP contribution in [-0.2, 0) is 11.2 Å². The number of aromatic nitrogens is 2. The fraction of sp³-hybridized carbons (Fsp3) is 0.412. The van der Waals surface area contributed by atoms with Crippen molar-refractivity contribution < 1.29 is 14.0 Å². The van der Waals surface area contributed by atoms with E-state index in [-0.39, 0.29) is 17.4 Å². The third-order valence-corrected chi connectivity index (χ3v) is 4.92. The Morgan fingerprint density at radius 1 is 1.25 bits per heavy atom. The molecule has 2 aliphatic rings. The summed E-state index contributed by atoms with van der Waals surface area (Å²) < 4.78 is 5.19. The summed E-state index contributed by atoms with van der Waals surface area (Å²) in [4.78, 5) is 36.3. The molecule has 0 bridgehead atoms. The van der Waals surface area contributed by atoms with Crippen molar-refractivity contribution in [2.45, 2.75) is 24.8 Å². The van der Waals surface area contributed by atoms with Crippen LogP contribution in [0.25, 0.3) is 0 Å². The van der Waals surface area contributed by atoms with Crippen molar-refractivity contribution in [3.05, 3.63) is 48.4 Å². The van der Waals surface area contributed by atoms with E-state index in [2.05, 4.69) is 9.97 Å². The number of hydrogen-bond acceptors (Lipinski definition) is 5. The molecule has 124 valence electrons. The summed E-state index contributed by atoms with van der Waals surface area (Å²) in [5, 5.41) is 0. The Morgan fingerprint density at radius 3 is 2.67 bits per heavy atom. The Morgan fingerprint density at radius 2 is 2.04 bits per heavy atom. The number of carbonyl (C=O) groups excluding carboxylic acids is 2. The zero-order valence-corrected chi connectivity index (χ0v) is 13.2. The van der Waals surface area contributed by atoms with Crippen LogP contribution < -0.4 is 0 Å². The lowest BCUT2D eigenvalue weighted by Gasteiger charge is -2.62. The summed E-state index contributed by atoms with van der Waals surface area (Å²) in [5.74, 6) is 0.393. The zero-order valence-electron chi connectivity index (χ0n) is 13.2. The SMILES string of the molecule is O=C(CCc1cncnc1)N1CC2(CCN2C(=O)c2ccco2)C1. The molecule has 4 heterocycles. The Bertz CT molecular complexity index is 738. The first kappa shape index (κ1) is 14.9. The number of aryl methyl sites for hydroxylation is 1. The van der Waals surface area contributed by atoms with Crippen LogP contribution in [0.5, 0.6) is 0 Å². The number of rotatable bonds is 4. The number of amides is 2. The first-order chi connectivity index (χ1) is 11.7. The van der Waals surface area contributed by atoms with Crippen molar-refractivity contribution in [2.24, 2.45) is 0 Å². The second-order valence-electron chi connectivity index (χ2n) is 6.40. The van der Waals surface area contributed by atoms with Crippen LogP contribution in [0.2, 0.25) is 0 Å². The predicted octanol–water partition coefficient (Wildman–Crippen LogP) is 1.13. The smallest absolute Gasteiger partial charge is 0.290 e. The molecule has 0 N–H and O–H groups in total. The first-order valence-corrected chi connectivity index (χ1v) is 8.05. The van der Waals surface area contributed by atoms with Crippen LogP contribution in [0.3, 0.4) is 0 Å². The third kappa shape index (κ3) is 2.46. The molecule has 2 aromatic heterocycles. The lowest BCUT2D eigenvalue weighted by Crippen LogP contribution is -2.78. The van der Waals surface area contributed by atoms with Gasteiger partial charge >= 0.3 is 0 Å². The molecule has 2 aromatic rings. The molecule has 0 aliphatic carbocycles. The standard InChI is InChI=1S/C17H18N4O3/c22-15(4-3-13-8-18-12-19-9-13)20-10-17(11-20)5-6-21(17)16(23)14-2-1-7-24-14/h1-2,7-9,12H,3-6,10-11H2. The highest BCUT2D eigenvalue weighted by atomic mass is 16.3. The van der Waals surface area contributed by atoms with Gasteiger partial charge in [0.25, 0.3) is 5.91 Å². The highest BCUT2D eigenvalue weighted by Gasteiger charge is 2.56. The van der Waals surface area contributed by atoms with E-state index in [1.165, 1.54) is 12.6 Å². The Balaban J connectivity index is 1.31. The summed E-state index contributed by atoms with van der Waals surface area (Å²) >= 11 is 0. The average molecular weight is 326 g/mol. The molecule has 0 aromatic carbocycles. The van der Waals surface area contributed by atoms with Crippen molar-refractivity contribution in [1.82, 2.24) is 19.8 Å². The van der Waals surface area contributed by atoms with Gasteiger partial charge in [-0.05, 0) is 30.5 Å². The molecule has 1 spiro atoms. The number of hydrogen-bond donors (Lipinski definition) is 0. The summed E-state index contributed by atoms with van der Waals surface area (Å²) in [6.07, 6.45) is 8.46. The molecule has 2 aliphatic heterocycles. The minimum atomic E-state index is -0.185. The second kappa shape index (κ2) is 5.74. The number of carbonyl (C=O) groups is 2. The van der Waals surface area contributed by atoms with Gasteiger partial charge in [0.05, 0.1) is 11.8 Å². The van der Waals surface area contributed by atoms with E-state index in [1.54, 1.807) is 24.5 Å². The molecule has 0 radical (unpaired) electrons. The van der Waals surface area contributed by atoms with Gasteiger partial charge in [0.2, 0.25) is 5.91 Å². The van der Waals surface area contributed by atoms with E-state index < -0.39 is 0 Å². The van der Waals surface area contributed by atoms with Crippen LogP contribution in [-0.4, -0.2) is 56.8 Å². The number of furan rings is 1. The van der Waals surface area contributed by atoms with Crippen LogP contribution in [0.1, 0.15) is 29.0 Å². The van der Waals surface area contributed by atoms with Gasteiger partial charge in [0, 0.05) is 38.4 Å². The van der Waals surface area contributed by atoms with Gasteiger partial charge in [-0.15, -0.1) is 0 Å². The van der Waals surface area contributed by atoms with E-state index >= 15 is 0 Å². The molecule has 2 fully saturated rings. The molecule has 2 saturated heterocycles. The van der Waals surface area contributed by atoms with E-state index in [1.807, 2.05) is 9.80 Å². The quantitative estimate of drug-likeness (QED) is 0.841. The van der Waals surface area contributed by atoms with Crippen LogP contribution in [0.15, 0.2) is 41.5 Å². The Labute approximate surface area is 139 Å². The van der Waals surface area contributed by atoms with Crippen molar-refractivity contribution in [3.63, 3.8) is 0 Å². The monoisotopic (exact) mass is 326 g/mol. The zero-order chi connectivity index (χ0) is 16.6. The lowest BCUT2D eigenvalue weighted by atomic mass is 9.77. The largest absolute Gasteiger partial charge is 0.459 e. The number of likely N-dealkylation sites (tertiary alicyclic amines) is 2. The summed E-state index contributed by atoms with van der Waals surface area (Å²) in [7, 11) is 0. The van der Waals surface area contributed by atoms with Gasteiger partial charge in [-0.3, -0.25) is 9.59 Å². The fourth-order valence-electron chi connectivity index (χ4n) is 3.43.